The van der Waals surface area contributed by atoms with Crippen LogP contribution < -0.4 is 0 Å². The average molecular weight is 77.1 g/mol. The predicted octanol–water partition coefficient (Wildman–Crippen LogP) is 0.657. The molecule has 0 saturated carbocycles. The van der Waals surface area contributed by atoms with Crippen molar-refractivity contribution in [3.8, 4) is 0 Å². The van der Waals surface area contributed by atoms with Crippen LogP contribution in [0.4, 0.5) is 4.39 Å². The molecule has 0 rings (SSSR count). The number of rotatable bonds is 1. The van der Waals surface area contributed by atoms with Crippen molar-refractivity contribution in [1.82, 2.24) is 0 Å². The minimum atomic E-state index is -0.833. The van der Waals surface area contributed by atoms with Gasteiger partial charge in [0.15, 0.2) is 5.78 Å². The molecule has 30 valence electrons. The van der Waals surface area contributed by atoms with Crippen molar-refractivity contribution in [2.75, 3.05) is 6.67 Å². The molecule has 2 heteroatoms. The van der Waals surface area contributed by atoms with E-state index in [2.05, 4.69) is 0 Å². The molecule has 0 radical (unpaired) electrons. The Morgan fingerprint density at radius 1 is 2.20 bits per heavy atom. The number of hydrogen-bond donors (Lipinski definition) is 0. The summed E-state index contributed by atoms with van der Waals surface area (Å²) in [6.45, 7) is 0.375. The molecule has 0 aromatic carbocycles. The van der Waals surface area contributed by atoms with Crippen molar-refractivity contribution in [3.05, 3.63) is 0 Å². The summed E-state index contributed by atoms with van der Waals surface area (Å²) in [7, 11) is 0. The molecule has 0 amide bonds. The Bertz CT molecular complexity index is 46.1. The number of Topliss-reactive ketones (excluding diaryl/α,β-unsaturated/α-hetero) is 1. The topological polar surface area (TPSA) is 17.1 Å². The summed E-state index contributed by atoms with van der Waals surface area (Å²) >= 11 is 0. The first-order valence-corrected chi connectivity index (χ1v) is 1.32. The summed E-state index contributed by atoms with van der Waals surface area (Å²) < 4.78 is 10.8. The molecule has 0 fully saturated rings. The molecule has 0 bridgehead atoms. The zero-order valence-corrected chi connectivity index (χ0v) is 2.99. The molecule has 0 spiro atoms. The first-order valence-electron chi connectivity index (χ1n) is 1.32. The van der Waals surface area contributed by atoms with Crippen LogP contribution in [0.1, 0.15) is 8.35 Å². The largest absolute Gasteiger partial charge is 1.00 e. The van der Waals surface area contributed by atoms with E-state index in [1.54, 1.807) is 0 Å². The van der Waals surface area contributed by atoms with E-state index in [1.807, 2.05) is 0 Å². The molecule has 0 atom stereocenters. The second-order valence-electron chi connectivity index (χ2n) is 0.836. The second-order valence-corrected chi connectivity index (χ2v) is 0.836. The predicted molar refractivity (Wildman–Crippen MR) is 17.8 cm³/mol. The molecule has 0 aliphatic carbocycles. The van der Waals surface area contributed by atoms with Crippen LogP contribution in [-0.4, -0.2) is 12.5 Å². The molecule has 0 heterocycles. The highest BCUT2D eigenvalue weighted by Crippen LogP contribution is 1.64. The summed E-state index contributed by atoms with van der Waals surface area (Å²) in [5.41, 5.74) is 0. The highest BCUT2D eigenvalue weighted by Gasteiger charge is 1.81. The Kier molecular flexibility index (Phi) is 1.73. The van der Waals surface area contributed by atoms with Gasteiger partial charge in [-0.25, -0.2) is 4.39 Å². The van der Waals surface area contributed by atoms with Gasteiger partial charge in [0, 0.05) is 0 Å². The fraction of sp³-hybridized carbons (Fsp3) is 0.667. The van der Waals surface area contributed by atoms with Crippen LogP contribution in [-0.2, 0) is 4.79 Å². The number of carbonyl (C=O) groups excluding carboxylic acids is 1. The zero-order chi connectivity index (χ0) is 4.28. The minimum Gasteiger partial charge on any atom is -0.297 e. The van der Waals surface area contributed by atoms with Gasteiger partial charge in [0.25, 0.3) is 0 Å². The minimum absolute atomic E-state index is 0. The van der Waals surface area contributed by atoms with Gasteiger partial charge in [-0.15, -0.1) is 0 Å². The smallest absolute Gasteiger partial charge is 0.297 e. The lowest BCUT2D eigenvalue weighted by molar-refractivity contribution is -0.117. The van der Waals surface area contributed by atoms with Gasteiger partial charge < -0.3 is 0 Å². The summed E-state index contributed by atoms with van der Waals surface area (Å²) in [6.07, 6.45) is 0. The number of alkyl halides is 1. The van der Waals surface area contributed by atoms with Crippen LogP contribution in [0.25, 0.3) is 0 Å². The molecule has 0 aromatic rings. The van der Waals surface area contributed by atoms with Crippen LogP contribution in [0.15, 0.2) is 0 Å². The van der Waals surface area contributed by atoms with Crippen molar-refractivity contribution in [3.63, 3.8) is 0 Å². The van der Waals surface area contributed by atoms with Crippen molar-refractivity contribution in [1.29, 1.82) is 0 Å². The van der Waals surface area contributed by atoms with E-state index < -0.39 is 12.5 Å². The van der Waals surface area contributed by atoms with E-state index in [9.17, 15) is 9.18 Å². The Labute approximate surface area is 31.3 Å². The Morgan fingerprint density at radius 2 is 2.40 bits per heavy atom. The third-order valence-electron chi connectivity index (χ3n) is 0.188. The van der Waals surface area contributed by atoms with E-state index in [0.29, 0.717) is 0 Å². The van der Waals surface area contributed by atoms with Gasteiger partial charge in [-0.1, -0.05) is 0 Å². The lowest BCUT2D eigenvalue weighted by Gasteiger charge is -1.68. The molecular formula is C3H6FO+. The molecule has 5 heavy (non-hydrogen) atoms. The van der Waals surface area contributed by atoms with Crippen molar-refractivity contribution in [2.24, 2.45) is 0 Å². The van der Waals surface area contributed by atoms with Gasteiger partial charge in [0.05, 0.1) is 0 Å². The van der Waals surface area contributed by atoms with Crippen LogP contribution in [0, 0.1) is 0 Å². The molecule has 0 unspecified atom stereocenters. The molecule has 1 nitrogen and oxygen atoms in total. The van der Waals surface area contributed by atoms with Crippen molar-refractivity contribution in [2.45, 2.75) is 6.92 Å². The quantitative estimate of drug-likeness (QED) is 0.449. The maximum absolute atomic E-state index is 10.8. The Morgan fingerprint density at radius 3 is 2.40 bits per heavy atom. The van der Waals surface area contributed by atoms with Gasteiger partial charge in [-0.2, -0.15) is 0 Å². The van der Waals surface area contributed by atoms with E-state index in [4.69, 9.17) is 0 Å². The number of hydrogen-bond acceptors (Lipinski definition) is 1. The van der Waals surface area contributed by atoms with Crippen molar-refractivity contribution >= 4 is 5.78 Å². The van der Waals surface area contributed by atoms with E-state index in [-0.39, 0.29) is 1.43 Å². The van der Waals surface area contributed by atoms with Gasteiger partial charge in [0.2, 0.25) is 0 Å². The standard InChI is InChI=1S/C3H5FO/c1-3(5)2-4/h2H2,1H3/p+1. The van der Waals surface area contributed by atoms with Crippen molar-refractivity contribution < 1.29 is 10.6 Å². The molecular weight excluding hydrogens is 71.0 g/mol. The maximum atomic E-state index is 10.8. The number of halogens is 1. The normalized spacial score (nSPS) is 7.60. The first kappa shape index (κ1) is 4.60. The molecule has 0 N–H and O–H groups in total. The fourth-order valence-electron chi connectivity index (χ4n) is 0. The van der Waals surface area contributed by atoms with Gasteiger partial charge in [-0.05, 0) is 6.92 Å². The van der Waals surface area contributed by atoms with Gasteiger partial charge in [0.1, 0.15) is 6.67 Å². The summed E-state index contributed by atoms with van der Waals surface area (Å²) in [6, 6.07) is 0. The average Bonchev–Trinajstić information content (AvgIpc) is 1.38. The van der Waals surface area contributed by atoms with Crippen LogP contribution in [0.2, 0.25) is 0 Å². The monoisotopic (exact) mass is 77.0 g/mol. The summed E-state index contributed by atoms with van der Waals surface area (Å²) in [5, 5.41) is 0. The number of carbonyl (C=O) groups is 1. The lowest BCUT2D eigenvalue weighted by atomic mass is 10.5. The third-order valence-corrected chi connectivity index (χ3v) is 0.188. The Balaban J connectivity index is 0. The van der Waals surface area contributed by atoms with E-state index in [0.717, 1.165) is 0 Å². The van der Waals surface area contributed by atoms with Crippen LogP contribution in [0.3, 0.4) is 0 Å². The molecule has 0 aromatic heterocycles. The highest BCUT2D eigenvalue weighted by molar-refractivity contribution is 5.76. The van der Waals surface area contributed by atoms with E-state index >= 15 is 0 Å². The first-order chi connectivity index (χ1) is 2.27. The molecule has 0 aliphatic heterocycles. The van der Waals surface area contributed by atoms with E-state index in [1.165, 1.54) is 6.92 Å². The molecule has 0 saturated heterocycles. The number of ketones is 1. The zero-order valence-electron chi connectivity index (χ0n) is 3.99. The van der Waals surface area contributed by atoms with Crippen LogP contribution >= 0.6 is 0 Å². The molecule has 0 aliphatic rings. The third kappa shape index (κ3) is 3.60. The SMILES string of the molecule is CC(=O)CF.[H+]. The highest BCUT2D eigenvalue weighted by atomic mass is 19.1. The fourth-order valence-corrected chi connectivity index (χ4v) is 0. The second kappa shape index (κ2) is 1.88. The van der Waals surface area contributed by atoms with Crippen LogP contribution in [0.5, 0.6) is 0 Å². The Hall–Kier alpha value is -0.400. The summed E-state index contributed by atoms with van der Waals surface area (Å²) in [5.74, 6) is -0.412. The van der Waals surface area contributed by atoms with Gasteiger partial charge >= 0.3 is 1.43 Å². The lowest BCUT2D eigenvalue weighted by Crippen LogP contribution is -1.87. The summed E-state index contributed by atoms with van der Waals surface area (Å²) in [4.78, 5) is 9.44. The maximum Gasteiger partial charge on any atom is 1.00 e. The van der Waals surface area contributed by atoms with Gasteiger partial charge in [-0.3, -0.25) is 4.79 Å².